The molecule has 2 aliphatic rings. The van der Waals surface area contributed by atoms with Gasteiger partial charge in [-0.2, -0.15) is 0 Å². The van der Waals surface area contributed by atoms with E-state index < -0.39 is 0 Å². The summed E-state index contributed by atoms with van der Waals surface area (Å²) in [5.74, 6) is 1.82. The van der Waals surface area contributed by atoms with Gasteiger partial charge in [0.15, 0.2) is 0 Å². The Hall–Kier alpha value is -0.530. The minimum atomic E-state index is -0.385. The minimum Gasteiger partial charge on any atom is -0.458 e. The fourth-order valence-corrected chi connectivity index (χ4v) is 3.60. The largest absolute Gasteiger partial charge is 0.458 e. The van der Waals surface area contributed by atoms with Crippen molar-refractivity contribution in [2.75, 3.05) is 0 Å². The standard InChI is InChI=1S/C15H26O2/c1-10(2)15(17-13(16)14(3,4)5)9-11-6-7-12(15)8-11/h10-12H,6-9H2,1-5H3. The molecule has 2 aliphatic carbocycles. The summed E-state index contributed by atoms with van der Waals surface area (Å²) in [6, 6.07) is 0. The highest BCUT2D eigenvalue weighted by Gasteiger charge is 2.55. The Morgan fingerprint density at radius 2 is 1.94 bits per heavy atom. The highest BCUT2D eigenvalue weighted by Crippen LogP contribution is 2.56. The molecule has 0 aromatic carbocycles. The normalized spacial score (nSPS) is 36.6. The van der Waals surface area contributed by atoms with E-state index in [-0.39, 0.29) is 17.0 Å². The van der Waals surface area contributed by atoms with E-state index >= 15 is 0 Å². The summed E-state index contributed by atoms with van der Waals surface area (Å²) in [5, 5.41) is 0. The van der Waals surface area contributed by atoms with Crippen LogP contribution in [0.3, 0.4) is 0 Å². The molecule has 0 aromatic heterocycles. The maximum Gasteiger partial charge on any atom is 0.311 e. The molecule has 2 nitrogen and oxygen atoms in total. The zero-order valence-corrected chi connectivity index (χ0v) is 11.9. The SMILES string of the molecule is CC(C)C1(OC(=O)C(C)(C)C)CC2CCC1C2. The lowest BCUT2D eigenvalue weighted by atomic mass is 9.76. The molecule has 98 valence electrons. The molecule has 2 bridgehead atoms. The molecule has 0 spiro atoms. The third kappa shape index (κ3) is 2.11. The molecule has 17 heavy (non-hydrogen) atoms. The average molecular weight is 238 g/mol. The quantitative estimate of drug-likeness (QED) is 0.684. The molecule has 2 rings (SSSR count). The maximum absolute atomic E-state index is 12.2. The van der Waals surface area contributed by atoms with Gasteiger partial charge in [-0.25, -0.2) is 0 Å². The van der Waals surface area contributed by atoms with Gasteiger partial charge >= 0.3 is 5.97 Å². The van der Waals surface area contributed by atoms with Crippen LogP contribution in [-0.4, -0.2) is 11.6 Å². The van der Waals surface area contributed by atoms with E-state index in [2.05, 4.69) is 13.8 Å². The first-order chi connectivity index (χ1) is 7.75. The number of carbonyl (C=O) groups is 1. The molecular weight excluding hydrogens is 212 g/mol. The van der Waals surface area contributed by atoms with Crippen molar-refractivity contribution in [3.63, 3.8) is 0 Å². The molecule has 0 saturated heterocycles. The molecule has 0 aromatic rings. The van der Waals surface area contributed by atoms with Crippen molar-refractivity contribution < 1.29 is 9.53 Å². The topological polar surface area (TPSA) is 26.3 Å². The summed E-state index contributed by atoms with van der Waals surface area (Å²) in [4.78, 5) is 12.2. The van der Waals surface area contributed by atoms with Crippen molar-refractivity contribution in [3.8, 4) is 0 Å². The maximum atomic E-state index is 12.2. The number of ether oxygens (including phenoxy) is 1. The molecule has 0 N–H and O–H groups in total. The highest BCUT2D eigenvalue weighted by molar-refractivity contribution is 5.76. The second kappa shape index (κ2) is 4.00. The van der Waals surface area contributed by atoms with Crippen molar-refractivity contribution in [1.29, 1.82) is 0 Å². The van der Waals surface area contributed by atoms with Crippen molar-refractivity contribution in [1.82, 2.24) is 0 Å². The van der Waals surface area contributed by atoms with Gasteiger partial charge in [0.2, 0.25) is 0 Å². The lowest BCUT2D eigenvalue weighted by Gasteiger charge is -2.42. The van der Waals surface area contributed by atoms with Gasteiger partial charge in [0.05, 0.1) is 5.41 Å². The number of carbonyl (C=O) groups excluding carboxylic acids is 1. The van der Waals surface area contributed by atoms with E-state index in [1.54, 1.807) is 0 Å². The third-order valence-corrected chi connectivity index (χ3v) is 4.71. The van der Waals surface area contributed by atoms with E-state index in [1.807, 2.05) is 20.8 Å². The minimum absolute atomic E-state index is 0.0289. The van der Waals surface area contributed by atoms with Crippen molar-refractivity contribution in [2.24, 2.45) is 23.2 Å². The number of hydrogen-bond donors (Lipinski definition) is 0. The molecule has 2 heteroatoms. The van der Waals surface area contributed by atoms with Gasteiger partial charge in [0.25, 0.3) is 0 Å². The summed E-state index contributed by atoms with van der Waals surface area (Å²) < 4.78 is 6.02. The fourth-order valence-electron chi connectivity index (χ4n) is 3.60. The molecule has 0 aliphatic heterocycles. The van der Waals surface area contributed by atoms with Gasteiger partial charge in [-0.3, -0.25) is 4.79 Å². The lowest BCUT2D eigenvalue weighted by molar-refractivity contribution is -0.182. The number of hydrogen-bond acceptors (Lipinski definition) is 2. The predicted octanol–water partition coefficient (Wildman–Crippen LogP) is 3.79. The van der Waals surface area contributed by atoms with Crippen LogP contribution in [-0.2, 0) is 9.53 Å². The van der Waals surface area contributed by atoms with Crippen LogP contribution in [0.2, 0.25) is 0 Å². The smallest absolute Gasteiger partial charge is 0.311 e. The zero-order valence-electron chi connectivity index (χ0n) is 11.9. The second-order valence-electron chi connectivity index (χ2n) is 7.33. The Bertz CT molecular complexity index is 313. The molecule has 2 saturated carbocycles. The van der Waals surface area contributed by atoms with Gasteiger partial charge in [-0.1, -0.05) is 13.8 Å². The monoisotopic (exact) mass is 238 g/mol. The number of esters is 1. The van der Waals surface area contributed by atoms with E-state index in [0.717, 1.165) is 12.3 Å². The third-order valence-electron chi connectivity index (χ3n) is 4.71. The number of rotatable bonds is 2. The molecule has 3 unspecified atom stereocenters. The Kier molecular flexibility index (Phi) is 3.04. The van der Waals surface area contributed by atoms with Crippen LogP contribution < -0.4 is 0 Å². The Morgan fingerprint density at radius 3 is 2.29 bits per heavy atom. The van der Waals surface area contributed by atoms with Gasteiger partial charge < -0.3 is 4.74 Å². The van der Waals surface area contributed by atoms with Crippen LogP contribution in [0.25, 0.3) is 0 Å². The Balaban J connectivity index is 2.17. The van der Waals surface area contributed by atoms with E-state index in [1.165, 1.54) is 19.3 Å². The first-order valence-corrected chi connectivity index (χ1v) is 6.99. The van der Waals surface area contributed by atoms with Crippen molar-refractivity contribution >= 4 is 5.97 Å². The molecule has 2 fully saturated rings. The summed E-state index contributed by atoms with van der Waals surface area (Å²) in [7, 11) is 0. The van der Waals surface area contributed by atoms with Crippen LogP contribution >= 0.6 is 0 Å². The average Bonchev–Trinajstić information content (AvgIpc) is 2.75. The number of fused-ring (bicyclic) bond motifs is 2. The second-order valence-corrected chi connectivity index (χ2v) is 7.33. The summed E-state index contributed by atoms with van der Waals surface area (Å²) in [6.07, 6.45) is 4.96. The molecular formula is C15H26O2. The lowest BCUT2D eigenvalue weighted by Crippen LogP contribution is -2.47. The first-order valence-electron chi connectivity index (χ1n) is 6.99. The molecule has 0 radical (unpaired) electrons. The molecule has 3 atom stereocenters. The van der Waals surface area contributed by atoms with E-state index in [9.17, 15) is 4.79 Å². The van der Waals surface area contributed by atoms with Crippen LogP contribution in [0.15, 0.2) is 0 Å². The van der Waals surface area contributed by atoms with Crippen LogP contribution in [0.1, 0.15) is 60.3 Å². The zero-order chi connectivity index (χ0) is 12.8. The Labute approximate surface area is 105 Å². The summed E-state index contributed by atoms with van der Waals surface area (Å²) in [5.41, 5.74) is -0.545. The van der Waals surface area contributed by atoms with Gasteiger partial charge in [0, 0.05) is 0 Å². The Morgan fingerprint density at radius 1 is 1.29 bits per heavy atom. The highest BCUT2D eigenvalue weighted by atomic mass is 16.6. The van der Waals surface area contributed by atoms with Crippen molar-refractivity contribution in [3.05, 3.63) is 0 Å². The summed E-state index contributed by atoms with van der Waals surface area (Å²) >= 11 is 0. The predicted molar refractivity (Wildman–Crippen MR) is 68.6 cm³/mol. The van der Waals surface area contributed by atoms with Crippen LogP contribution in [0.5, 0.6) is 0 Å². The summed E-state index contributed by atoms with van der Waals surface area (Å²) in [6.45, 7) is 10.2. The molecule has 0 amide bonds. The van der Waals surface area contributed by atoms with E-state index in [4.69, 9.17) is 4.74 Å². The van der Waals surface area contributed by atoms with Crippen LogP contribution in [0, 0.1) is 23.2 Å². The van der Waals surface area contributed by atoms with Gasteiger partial charge in [0.1, 0.15) is 5.60 Å². The molecule has 0 heterocycles. The van der Waals surface area contributed by atoms with E-state index in [0.29, 0.717) is 11.8 Å². The first kappa shape index (κ1) is 12.9. The van der Waals surface area contributed by atoms with Gasteiger partial charge in [-0.05, 0) is 64.2 Å². The fraction of sp³-hybridized carbons (Fsp3) is 0.933. The van der Waals surface area contributed by atoms with Gasteiger partial charge in [-0.15, -0.1) is 0 Å². The van der Waals surface area contributed by atoms with Crippen LogP contribution in [0.4, 0.5) is 0 Å². The van der Waals surface area contributed by atoms with Crippen molar-refractivity contribution in [2.45, 2.75) is 65.9 Å².